The Kier molecular flexibility index (Phi) is 7.11. The van der Waals surface area contributed by atoms with E-state index in [1.807, 2.05) is 0 Å². The first-order valence-corrected chi connectivity index (χ1v) is 9.84. The molecule has 0 amide bonds. The van der Waals surface area contributed by atoms with Crippen LogP contribution in [0.25, 0.3) is 10.9 Å². The third-order valence-corrected chi connectivity index (χ3v) is 4.99. The van der Waals surface area contributed by atoms with Gasteiger partial charge in [-0.15, -0.1) is 11.3 Å². The Morgan fingerprint density at radius 1 is 1.06 bits per heavy atom. The zero-order valence-corrected chi connectivity index (χ0v) is 17.5. The number of ketones is 1. The fourth-order valence-corrected chi connectivity index (χ4v) is 3.42. The fraction of sp³-hybridized carbons (Fsp3) is 0.250. The number of nitrogens with zero attached hydrogens (tertiary/aromatic N) is 2. The van der Waals surface area contributed by atoms with Crippen molar-refractivity contribution < 1.29 is 38.1 Å². The number of hydrogen-bond acceptors (Lipinski definition) is 10. The molecule has 3 aromatic rings. The molecule has 2 aromatic heterocycles. The number of hydrogen-bond donors (Lipinski definition) is 0. The predicted molar refractivity (Wildman–Crippen MR) is 108 cm³/mol. The lowest BCUT2D eigenvalue weighted by molar-refractivity contribution is -0.146. The van der Waals surface area contributed by atoms with Gasteiger partial charge in [0.25, 0.3) is 0 Å². The summed E-state index contributed by atoms with van der Waals surface area (Å²) in [5, 5.41) is 2.05. The quantitative estimate of drug-likeness (QED) is 0.222. The number of ether oxygens (including phenoxy) is 4. The monoisotopic (exact) mass is 446 g/mol. The van der Waals surface area contributed by atoms with Gasteiger partial charge in [0.15, 0.2) is 10.7 Å². The molecule has 0 aliphatic rings. The highest BCUT2D eigenvalue weighted by molar-refractivity contribution is 7.12. The summed E-state index contributed by atoms with van der Waals surface area (Å²) in [6.07, 6.45) is 0.649. The Bertz CT molecular complexity index is 1130. The third kappa shape index (κ3) is 4.95. The number of aromatic nitrogens is 2. The van der Waals surface area contributed by atoms with E-state index in [0.29, 0.717) is 10.9 Å². The number of fused-ring (bicyclic) bond motifs is 1. The summed E-state index contributed by atoms with van der Waals surface area (Å²) in [4.78, 5) is 52.1. The second-order valence-electron chi connectivity index (χ2n) is 6.03. The van der Waals surface area contributed by atoms with Gasteiger partial charge in [-0.1, -0.05) is 18.2 Å². The molecule has 0 unspecified atom stereocenters. The van der Waals surface area contributed by atoms with Crippen LogP contribution in [0.3, 0.4) is 0 Å². The zero-order valence-electron chi connectivity index (χ0n) is 16.7. The highest BCUT2D eigenvalue weighted by Crippen LogP contribution is 2.25. The minimum atomic E-state index is -0.716. The van der Waals surface area contributed by atoms with Crippen LogP contribution in [-0.4, -0.2) is 67.4 Å². The molecule has 1 aromatic carbocycles. The minimum absolute atomic E-state index is 0.00124. The van der Waals surface area contributed by atoms with Gasteiger partial charge in [0.05, 0.1) is 31.9 Å². The van der Waals surface area contributed by atoms with Crippen molar-refractivity contribution in [3.8, 4) is 0 Å². The summed E-state index contributed by atoms with van der Waals surface area (Å²) in [5.74, 6) is -1.62. The lowest BCUT2D eigenvalue weighted by atomic mass is 10.1. The Morgan fingerprint density at radius 3 is 2.58 bits per heavy atom. The van der Waals surface area contributed by atoms with Crippen LogP contribution in [0, 0.1) is 0 Å². The van der Waals surface area contributed by atoms with Crippen molar-refractivity contribution in [2.24, 2.45) is 0 Å². The van der Waals surface area contributed by atoms with E-state index in [1.165, 1.54) is 30.4 Å². The number of para-hydroxylation sites is 1. The van der Waals surface area contributed by atoms with Gasteiger partial charge >= 0.3 is 18.0 Å². The van der Waals surface area contributed by atoms with Crippen LogP contribution < -0.4 is 0 Å². The second-order valence-corrected chi connectivity index (χ2v) is 6.89. The lowest BCUT2D eigenvalue weighted by Crippen LogP contribution is -2.18. The summed E-state index contributed by atoms with van der Waals surface area (Å²) in [7, 11) is 2.46. The number of carbonyl (C=O) groups is 4. The van der Waals surface area contributed by atoms with Crippen LogP contribution in [0.5, 0.6) is 0 Å². The number of methoxy groups -OCH3 is 2. The molecule has 0 bridgehead atoms. The van der Waals surface area contributed by atoms with E-state index in [9.17, 15) is 19.2 Å². The summed E-state index contributed by atoms with van der Waals surface area (Å²) in [6, 6.07) is 6.82. The van der Waals surface area contributed by atoms with E-state index < -0.39 is 23.8 Å². The molecule has 11 heteroatoms. The van der Waals surface area contributed by atoms with E-state index in [4.69, 9.17) is 9.47 Å². The molecule has 0 spiro atoms. The van der Waals surface area contributed by atoms with Crippen LogP contribution in [0.1, 0.15) is 25.9 Å². The Hall–Kier alpha value is -3.57. The van der Waals surface area contributed by atoms with Gasteiger partial charge < -0.3 is 18.9 Å². The van der Waals surface area contributed by atoms with Crippen molar-refractivity contribution in [1.82, 2.24) is 9.55 Å². The lowest BCUT2D eigenvalue weighted by Gasteiger charge is -2.06. The normalized spacial score (nSPS) is 10.6. The van der Waals surface area contributed by atoms with Crippen LogP contribution in [0.2, 0.25) is 0 Å². The van der Waals surface area contributed by atoms with E-state index >= 15 is 0 Å². The molecule has 0 atom stereocenters. The Balaban J connectivity index is 1.78. The average molecular weight is 446 g/mol. The standard InChI is InChI=1S/C20H18N2O8S/c1-27-16(23)10-29-7-8-30-20(26)22-9-13(12-5-3-4-6-15(12)22)17(24)18-21-14(11-31-18)19(25)28-2/h3-6,9,11H,7-8,10H2,1-2H3. The molecule has 0 radical (unpaired) electrons. The van der Waals surface area contributed by atoms with Crippen molar-refractivity contribution in [2.75, 3.05) is 34.0 Å². The second kappa shape index (κ2) is 9.96. The van der Waals surface area contributed by atoms with Gasteiger partial charge in [0, 0.05) is 17.0 Å². The molecule has 3 rings (SSSR count). The van der Waals surface area contributed by atoms with Gasteiger partial charge in [-0.25, -0.2) is 19.4 Å². The first-order chi connectivity index (χ1) is 15.0. The fourth-order valence-electron chi connectivity index (χ4n) is 2.68. The van der Waals surface area contributed by atoms with E-state index in [-0.39, 0.29) is 36.1 Å². The SMILES string of the molecule is COC(=O)COCCOC(=O)n1cc(C(=O)c2nc(C(=O)OC)cs2)c2ccccc21. The molecule has 162 valence electrons. The first-order valence-electron chi connectivity index (χ1n) is 8.96. The van der Waals surface area contributed by atoms with E-state index in [1.54, 1.807) is 24.3 Å². The maximum Gasteiger partial charge on any atom is 0.418 e. The van der Waals surface area contributed by atoms with Crippen LogP contribution in [0.15, 0.2) is 35.8 Å². The molecule has 0 fully saturated rings. The van der Waals surface area contributed by atoms with Crippen molar-refractivity contribution in [2.45, 2.75) is 0 Å². The van der Waals surface area contributed by atoms with Gasteiger partial charge in [0.1, 0.15) is 13.2 Å². The Labute approximate surface area is 180 Å². The largest absolute Gasteiger partial charge is 0.467 e. The first kappa shape index (κ1) is 22.1. The summed E-state index contributed by atoms with van der Waals surface area (Å²) in [6.45, 7) is -0.345. The highest BCUT2D eigenvalue weighted by Gasteiger charge is 2.23. The summed E-state index contributed by atoms with van der Waals surface area (Å²) < 4.78 is 20.4. The molecule has 10 nitrogen and oxygen atoms in total. The van der Waals surface area contributed by atoms with Gasteiger partial charge in [0.2, 0.25) is 5.78 Å². The van der Waals surface area contributed by atoms with Crippen molar-refractivity contribution in [1.29, 1.82) is 0 Å². The van der Waals surface area contributed by atoms with Crippen LogP contribution in [0.4, 0.5) is 4.79 Å². The predicted octanol–water partition coefficient (Wildman–Crippen LogP) is 2.29. The topological polar surface area (TPSA) is 123 Å². The van der Waals surface area contributed by atoms with Crippen molar-refractivity contribution in [3.63, 3.8) is 0 Å². The number of rotatable bonds is 8. The van der Waals surface area contributed by atoms with Gasteiger partial charge in [-0.3, -0.25) is 9.36 Å². The number of carbonyl (C=O) groups excluding carboxylic acids is 4. The number of benzene rings is 1. The van der Waals surface area contributed by atoms with Crippen molar-refractivity contribution in [3.05, 3.63) is 52.1 Å². The highest BCUT2D eigenvalue weighted by atomic mass is 32.1. The molecular formula is C20H18N2O8S. The van der Waals surface area contributed by atoms with E-state index in [2.05, 4.69) is 14.5 Å². The van der Waals surface area contributed by atoms with Crippen LogP contribution >= 0.6 is 11.3 Å². The molecule has 0 aliphatic heterocycles. The molecule has 0 N–H and O–H groups in total. The number of esters is 2. The van der Waals surface area contributed by atoms with Gasteiger partial charge in [-0.05, 0) is 6.07 Å². The molecule has 2 heterocycles. The average Bonchev–Trinajstić information content (AvgIpc) is 3.43. The van der Waals surface area contributed by atoms with Crippen molar-refractivity contribution >= 4 is 46.1 Å². The third-order valence-electron chi connectivity index (χ3n) is 4.15. The zero-order chi connectivity index (χ0) is 22.4. The van der Waals surface area contributed by atoms with E-state index in [0.717, 1.165) is 11.3 Å². The molecule has 0 saturated heterocycles. The minimum Gasteiger partial charge on any atom is -0.467 e. The number of thiazole rings is 1. The molecular weight excluding hydrogens is 428 g/mol. The smallest absolute Gasteiger partial charge is 0.418 e. The molecule has 0 saturated carbocycles. The van der Waals surface area contributed by atoms with Crippen LogP contribution in [-0.2, 0) is 23.7 Å². The molecule has 0 aliphatic carbocycles. The summed E-state index contributed by atoms with van der Waals surface area (Å²) in [5.41, 5.74) is 0.738. The molecule has 31 heavy (non-hydrogen) atoms. The van der Waals surface area contributed by atoms with Gasteiger partial charge in [-0.2, -0.15) is 0 Å². The Morgan fingerprint density at radius 2 is 1.84 bits per heavy atom. The maximum absolute atomic E-state index is 13.0. The summed E-state index contributed by atoms with van der Waals surface area (Å²) >= 11 is 1.00. The maximum atomic E-state index is 13.0.